The summed E-state index contributed by atoms with van der Waals surface area (Å²) in [6.45, 7) is 6.82. The molecule has 1 aromatic rings. The van der Waals surface area contributed by atoms with Gasteiger partial charge in [-0.15, -0.1) is 0 Å². The maximum atomic E-state index is 11.3. The Morgan fingerprint density at radius 1 is 1.15 bits per heavy atom. The van der Waals surface area contributed by atoms with E-state index in [1.165, 1.54) is 5.56 Å². The highest BCUT2D eigenvalue weighted by atomic mass is 32.1. The van der Waals surface area contributed by atoms with Crippen LogP contribution in [0.3, 0.4) is 0 Å². The number of hydrogen-bond acceptors (Lipinski definition) is 2. The van der Waals surface area contributed by atoms with Crippen LogP contribution in [-0.2, 0) is 11.2 Å². The average molecular weight is 291 g/mol. The van der Waals surface area contributed by atoms with Crippen LogP contribution in [0, 0.1) is 0 Å². The molecular weight excluding hydrogens is 270 g/mol. The molecule has 1 aliphatic rings. The second-order valence-electron chi connectivity index (χ2n) is 4.97. The van der Waals surface area contributed by atoms with E-state index in [4.69, 9.17) is 12.2 Å². The zero-order valence-electron chi connectivity index (χ0n) is 12.1. The number of hydrogen-bond donors (Lipinski definition) is 1. The summed E-state index contributed by atoms with van der Waals surface area (Å²) in [7, 11) is 0. The van der Waals surface area contributed by atoms with Crippen molar-refractivity contribution in [2.75, 3.05) is 31.5 Å². The number of benzene rings is 1. The summed E-state index contributed by atoms with van der Waals surface area (Å²) in [5.74, 6) is 0.138. The van der Waals surface area contributed by atoms with Crippen molar-refractivity contribution in [1.29, 1.82) is 0 Å². The van der Waals surface area contributed by atoms with Gasteiger partial charge in [0.1, 0.15) is 0 Å². The van der Waals surface area contributed by atoms with Gasteiger partial charge in [0.25, 0.3) is 0 Å². The number of piperazine rings is 1. The molecular formula is C15H21N3OS. The molecule has 0 unspecified atom stereocenters. The van der Waals surface area contributed by atoms with Crippen molar-refractivity contribution in [1.82, 2.24) is 9.80 Å². The Morgan fingerprint density at radius 3 is 2.20 bits per heavy atom. The number of thiocarbonyl (C=S) groups is 1. The van der Waals surface area contributed by atoms with E-state index in [-0.39, 0.29) is 5.91 Å². The first-order valence-corrected chi connectivity index (χ1v) is 7.41. The van der Waals surface area contributed by atoms with Crippen LogP contribution in [0.4, 0.5) is 5.69 Å². The molecule has 0 bridgehead atoms. The fourth-order valence-electron chi connectivity index (χ4n) is 2.25. The van der Waals surface area contributed by atoms with Gasteiger partial charge in [0.15, 0.2) is 5.11 Å². The number of carbonyl (C=O) groups is 1. The van der Waals surface area contributed by atoms with Gasteiger partial charge in [-0.05, 0) is 36.3 Å². The van der Waals surface area contributed by atoms with Crippen LogP contribution in [-0.4, -0.2) is 47.0 Å². The highest BCUT2D eigenvalue weighted by molar-refractivity contribution is 7.80. The molecule has 5 heteroatoms. The zero-order chi connectivity index (χ0) is 14.5. The third kappa shape index (κ3) is 3.70. The predicted octanol–water partition coefficient (Wildman–Crippen LogP) is 2.11. The second kappa shape index (κ2) is 6.70. The number of rotatable bonds is 2. The Kier molecular flexibility index (Phi) is 4.95. The van der Waals surface area contributed by atoms with Crippen molar-refractivity contribution in [2.45, 2.75) is 20.3 Å². The molecule has 0 saturated carbocycles. The highest BCUT2D eigenvalue weighted by Gasteiger charge is 2.20. The van der Waals surface area contributed by atoms with E-state index < -0.39 is 0 Å². The largest absolute Gasteiger partial charge is 0.345 e. The van der Waals surface area contributed by atoms with E-state index in [0.29, 0.717) is 0 Å². The molecule has 0 atom stereocenters. The summed E-state index contributed by atoms with van der Waals surface area (Å²) in [6.07, 6.45) is 1.04. The maximum absolute atomic E-state index is 11.3. The van der Waals surface area contributed by atoms with Gasteiger partial charge in [-0.1, -0.05) is 19.1 Å². The van der Waals surface area contributed by atoms with Crippen molar-refractivity contribution in [3.63, 3.8) is 0 Å². The van der Waals surface area contributed by atoms with E-state index in [0.717, 1.165) is 43.4 Å². The lowest BCUT2D eigenvalue weighted by Crippen LogP contribution is -2.51. The molecule has 0 spiro atoms. The van der Waals surface area contributed by atoms with E-state index in [2.05, 4.69) is 41.4 Å². The van der Waals surface area contributed by atoms with Crippen molar-refractivity contribution < 1.29 is 4.79 Å². The molecule has 1 amide bonds. The molecule has 20 heavy (non-hydrogen) atoms. The van der Waals surface area contributed by atoms with E-state index in [1.807, 2.05) is 4.90 Å². The molecule has 0 radical (unpaired) electrons. The third-order valence-corrected chi connectivity index (χ3v) is 3.99. The number of nitrogens with zero attached hydrogens (tertiary/aromatic N) is 2. The van der Waals surface area contributed by atoms with Crippen molar-refractivity contribution in [2.24, 2.45) is 0 Å². The first-order chi connectivity index (χ1) is 9.60. The van der Waals surface area contributed by atoms with Crippen LogP contribution < -0.4 is 5.32 Å². The Morgan fingerprint density at radius 2 is 1.70 bits per heavy atom. The summed E-state index contributed by atoms with van der Waals surface area (Å²) < 4.78 is 0. The van der Waals surface area contributed by atoms with Gasteiger partial charge in [-0.2, -0.15) is 0 Å². The van der Waals surface area contributed by atoms with Crippen molar-refractivity contribution in [3.8, 4) is 0 Å². The summed E-state index contributed by atoms with van der Waals surface area (Å²) in [6, 6.07) is 8.32. The molecule has 1 aromatic carbocycles. The van der Waals surface area contributed by atoms with Gasteiger partial charge < -0.3 is 15.1 Å². The Labute approximate surface area is 125 Å². The molecule has 1 N–H and O–H groups in total. The quantitative estimate of drug-likeness (QED) is 0.847. The lowest BCUT2D eigenvalue weighted by atomic mass is 10.1. The molecule has 0 aliphatic carbocycles. The topological polar surface area (TPSA) is 35.6 Å². The van der Waals surface area contributed by atoms with Gasteiger partial charge in [0.2, 0.25) is 5.91 Å². The normalized spacial score (nSPS) is 15.1. The molecule has 108 valence electrons. The van der Waals surface area contributed by atoms with Crippen LogP contribution in [0.1, 0.15) is 19.4 Å². The van der Waals surface area contributed by atoms with E-state index in [1.54, 1.807) is 6.92 Å². The molecule has 1 heterocycles. The minimum absolute atomic E-state index is 0.138. The molecule has 2 rings (SSSR count). The van der Waals surface area contributed by atoms with Crippen LogP contribution in [0.5, 0.6) is 0 Å². The highest BCUT2D eigenvalue weighted by Crippen LogP contribution is 2.12. The Bertz CT molecular complexity index is 478. The predicted molar refractivity (Wildman–Crippen MR) is 85.9 cm³/mol. The van der Waals surface area contributed by atoms with Crippen LogP contribution in [0.2, 0.25) is 0 Å². The minimum atomic E-state index is 0.138. The lowest BCUT2D eigenvalue weighted by Gasteiger charge is -2.35. The summed E-state index contributed by atoms with van der Waals surface area (Å²) in [4.78, 5) is 15.3. The molecule has 1 fully saturated rings. The summed E-state index contributed by atoms with van der Waals surface area (Å²) in [5.41, 5.74) is 2.33. The molecule has 1 saturated heterocycles. The molecule has 4 nitrogen and oxygen atoms in total. The average Bonchev–Trinajstić information content (AvgIpc) is 2.48. The Hall–Kier alpha value is -1.62. The first kappa shape index (κ1) is 14.8. The molecule has 0 aromatic heterocycles. The SMILES string of the molecule is CCc1ccc(NC(=S)N2CCN(C(C)=O)CC2)cc1. The Balaban J connectivity index is 1.87. The van der Waals surface area contributed by atoms with Crippen LogP contribution >= 0.6 is 12.2 Å². The summed E-state index contributed by atoms with van der Waals surface area (Å²) >= 11 is 5.43. The number of nitrogens with one attached hydrogen (secondary N) is 1. The number of carbonyl (C=O) groups excluding carboxylic acids is 1. The summed E-state index contributed by atoms with van der Waals surface area (Å²) in [5, 5.41) is 3.99. The van der Waals surface area contributed by atoms with Gasteiger partial charge in [0.05, 0.1) is 0 Å². The number of aryl methyl sites for hydroxylation is 1. The fraction of sp³-hybridized carbons (Fsp3) is 0.467. The number of anilines is 1. The van der Waals surface area contributed by atoms with Crippen molar-refractivity contribution in [3.05, 3.63) is 29.8 Å². The standard InChI is InChI=1S/C15H21N3OS/c1-3-13-4-6-14(7-5-13)16-15(20)18-10-8-17(9-11-18)12(2)19/h4-7H,3,8-11H2,1-2H3,(H,16,20). The first-order valence-electron chi connectivity index (χ1n) is 7.00. The van der Waals surface area contributed by atoms with Gasteiger partial charge in [0, 0.05) is 38.8 Å². The third-order valence-electron chi connectivity index (χ3n) is 3.63. The minimum Gasteiger partial charge on any atom is -0.345 e. The zero-order valence-corrected chi connectivity index (χ0v) is 12.9. The lowest BCUT2D eigenvalue weighted by molar-refractivity contribution is -0.130. The second-order valence-corrected chi connectivity index (χ2v) is 5.36. The van der Waals surface area contributed by atoms with Crippen molar-refractivity contribution >= 4 is 28.9 Å². The van der Waals surface area contributed by atoms with E-state index >= 15 is 0 Å². The maximum Gasteiger partial charge on any atom is 0.219 e. The smallest absolute Gasteiger partial charge is 0.219 e. The number of amides is 1. The fourth-order valence-corrected chi connectivity index (χ4v) is 2.55. The van der Waals surface area contributed by atoms with Crippen LogP contribution in [0.15, 0.2) is 24.3 Å². The molecule has 1 aliphatic heterocycles. The monoisotopic (exact) mass is 291 g/mol. The van der Waals surface area contributed by atoms with Gasteiger partial charge in [-0.25, -0.2) is 0 Å². The van der Waals surface area contributed by atoms with Crippen LogP contribution in [0.25, 0.3) is 0 Å². The van der Waals surface area contributed by atoms with E-state index in [9.17, 15) is 4.79 Å². The van der Waals surface area contributed by atoms with Gasteiger partial charge >= 0.3 is 0 Å². The van der Waals surface area contributed by atoms with Gasteiger partial charge in [-0.3, -0.25) is 4.79 Å².